The van der Waals surface area contributed by atoms with Crippen LogP contribution in [0.3, 0.4) is 0 Å². The second-order valence-electron chi connectivity index (χ2n) is 5.82. The number of anilines is 1. The fourth-order valence-electron chi connectivity index (χ4n) is 2.72. The SMILES string of the molecule is COc1ccc(-c2nc(NC(=O)c3cc4cc(Br)ccc4o3)n[nH]2)c(OC)c1. The lowest BCUT2D eigenvalue weighted by atomic mass is 10.2. The van der Waals surface area contributed by atoms with Crippen molar-refractivity contribution in [3.63, 3.8) is 0 Å². The summed E-state index contributed by atoms with van der Waals surface area (Å²) in [5.74, 6) is 1.52. The minimum Gasteiger partial charge on any atom is -0.497 e. The van der Waals surface area contributed by atoms with Crippen LogP contribution in [0.1, 0.15) is 10.6 Å². The second kappa shape index (κ2) is 7.35. The predicted octanol–water partition coefficient (Wildman–Crippen LogP) is 4.25. The summed E-state index contributed by atoms with van der Waals surface area (Å²) < 4.78 is 17.0. The average Bonchev–Trinajstić information content (AvgIpc) is 3.34. The highest BCUT2D eigenvalue weighted by Crippen LogP contribution is 2.31. The van der Waals surface area contributed by atoms with Crippen molar-refractivity contribution < 1.29 is 18.7 Å². The van der Waals surface area contributed by atoms with Gasteiger partial charge in [0.05, 0.1) is 19.8 Å². The number of hydrogen-bond acceptors (Lipinski definition) is 6. The summed E-state index contributed by atoms with van der Waals surface area (Å²) in [5.41, 5.74) is 1.30. The van der Waals surface area contributed by atoms with E-state index in [-0.39, 0.29) is 11.7 Å². The first-order valence-electron chi connectivity index (χ1n) is 8.22. The molecule has 0 aliphatic rings. The van der Waals surface area contributed by atoms with Gasteiger partial charge >= 0.3 is 0 Å². The molecule has 2 heterocycles. The molecule has 0 saturated carbocycles. The van der Waals surface area contributed by atoms with Crippen molar-refractivity contribution in [3.8, 4) is 22.9 Å². The van der Waals surface area contributed by atoms with Crippen LogP contribution in [0.25, 0.3) is 22.4 Å². The number of aromatic amines is 1. The molecule has 1 amide bonds. The van der Waals surface area contributed by atoms with E-state index in [4.69, 9.17) is 13.9 Å². The van der Waals surface area contributed by atoms with E-state index in [9.17, 15) is 4.79 Å². The van der Waals surface area contributed by atoms with Crippen molar-refractivity contribution in [1.29, 1.82) is 0 Å². The Labute approximate surface area is 168 Å². The Hall–Kier alpha value is -3.33. The fourth-order valence-corrected chi connectivity index (χ4v) is 3.10. The van der Waals surface area contributed by atoms with Gasteiger partial charge in [0.15, 0.2) is 11.6 Å². The van der Waals surface area contributed by atoms with Crippen molar-refractivity contribution in [3.05, 3.63) is 52.7 Å². The maximum absolute atomic E-state index is 12.5. The van der Waals surface area contributed by atoms with Crippen molar-refractivity contribution in [1.82, 2.24) is 15.2 Å². The number of halogens is 1. The van der Waals surface area contributed by atoms with Gasteiger partial charge in [-0.15, -0.1) is 5.10 Å². The first-order chi connectivity index (χ1) is 13.6. The normalized spacial score (nSPS) is 10.8. The topological polar surface area (TPSA) is 102 Å². The molecule has 0 fully saturated rings. The van der Waals surface area contributed by atoms with Gasteiger partial charge in [0.2, 0.25) is 5.95 Å². The number of ether oxygens (including phenoxy) is 2. The molecule has 0 aliphatic carbocycles. The summed E-state index contributed by atoms with van der Waals surface area (Å²) in [5, 5.41) is 10.3. The number of benzene rings is 2. The molecule has 4 aromatic rings. The molecule has 2 aromatic carbocycles. The fraction of sp³-hybridized carbons (Fsp3) is 0.105. The van der Waals surface area contributed by atoms with Crippen molar-refractivity contribution in [2.24, 2.45) is 0 Å². The van der Waals surface area contributed by atoms with Crippen LogP contribution in [0, 0.1) is 0 Å². The molecule has 9 heteroatoms. The number of carbonyl (C=O) groups excluding carboxylic acids is 1. The molecule has 0 radical (unpaired) electrons. The number of carbonyl (C=O) groups is 1. The molecule has 2 aromatic heterocycles. The number of H-pyrrole nitrogens is 1. The summed E-state index contributed by atoms with van der Waals surface area (Å²) in [6.07, 6.45) is 0. The van der Waals surface area contributed by atoms with Gasteiger partial charge in [-0.25, -0.2) is 0 Å². The van der Waals surface area contributed by atoms with Gasteiger partial charge in [0.1, 0.15) is 17.1 Å². The standard InChI is InChI=1S/C19H15BrN4O4/c1-26-12-4-5-13(15(9-12)27-2)17-21-19(24-23-17)22-18(25)16-8-10-7-11(20)3-6-14(10)28-16/h3-9H,1-2H3,(H2,21,22,23,24,25). The van der Waals surface area contributed by atoms with Crippen LogP contribution in [-0.2, 0) is 0 Å². The van der Waals surface area contributed by atoms with Crippen LogP contribution < -0.4 is 14.8 Å². The first kappa shape index (κ1) is 18.1. The number of nitrogens with zero attached hydrogens (tertiary/aromatic N) is 2. The number of aromatic nitrogens is 3. The third kappa shape index (κ3) is 3.44. The molecule has 0 unspecified atom stereocenters. The second-order valence-corrected chi connectivity index (χ2v) is 6.74. The third-order valence-corrected chi connectivity index (χ3v) is 4.57. The maximum Gasteiger partial charge on any atom is 0.293 e. The smallest absolute Gasteiger partial charge is 0.293 e. The molecule has 0 bridgehead atoms. The zero-order chi connectivity index (χ0) is 19.7. The Morgan fingerprint density at radius 2 is 2.00 bits per heavy atom. The van der Waals surface area contributed by atoms with Crippen LogP contribution >= 0.6 is 15.9 Å². The third-order valence-electron chi connectivity index (χ3n) is 4.08. The van der Waals surface area contributed by atoms with Gasteiger partial charge in [-0.3, -0.25) is 15.2 Å². The van der Waals surface area contributed by atoms with E-state index in [1.165, 1.54) is 0 Å². The molecule has 2 N–H and O–H groups in total. The molecule has 0 atom stereocenters. The van der Waals surface area contributed by atoms with E-state index in [0.29, 0.717) is 28.5 Å². The van der Waals surface area contributed by atoms with Crippen molar-refractivity contribution in [2.45, 2.75) is 0 Å². The Morgan fingerprint density at radius 1 is 1.14 bits per heavy atom. The zero-order valence-electron chi connectivity index (χ0n) is 14.9. The number of hydrogen-bond donors (Lipinski definition) is 2. The van der Waals surface area contributed by atoms with Gasteiger partial charge in [-0.2, -0.15) is 4.98 Å². The van der Waals surface area contributed by atoms with E-state index in [1.807, 2.05) is 12.1 Å². The van der Waals surface area contributed by atoms with Crippen LogP contribution in [0.15, 0.2) is 51.4 Å². The van der Waals surface area contributed by atoms with Crippen molar-refractivity contribution in [2.75, 3.05) is 19.5 Å². The highest BCUT2D eigenvalue weighted by molar-refractivity contribution is 9.10. The minimum atomic E-state index is -0.445. The van der Waals surface area contributed by atoms with Gasteiger partial charge in [0, 0.05) is 15.9 Å². The summed E-state index contributed by atoms with van der Waals surface area (Å²) in [6, 6.07) is 12.5. The number of amides is 1. The van der Waals surface area contributed by atoms with E-state index in [1.54, 1.807) is 44.6 Å². The lowest BCUT2D eigenvalue weighted by Crippen LogP contribution is -2.11. The van der Waals surface area contributed by atoms with E-state index < -0.39 is 5.91 Å². The Balaban J connectivity index is 1.56. The number of furan rings is 1. The van der Waals surface area contributed by atoms with Crippen LogP contribution in [-0.4, -0.2) is 35.3 Å². The van der Waals surface area contributed by atoms with E-state index >= 15 is 0 Å². The van der Waals surface area contributed by atoms with Gasteiger partial charge in [-0.1, -0.05) is 15.9 Å². The van der Waals surface area contributed by atoms with Crippen LogP contribution in [0.2, 0.25) is 0 Å². The Bertz CT molecular complexity index is 1170. The molecule has 4 rings (SSSR count). The number of methoxy groups -OCH3 is 2. The quantitative estimate of drug-likeness (QED) is 0.478. The predicted molar refractivity (Wildman–Crippen MR) is 107 cm³/mol. The summed E-state index contributed by atoms with van der Waals surface area (Å²) in [6.45, 7) is 0. The van der Waals surface area contributed by atoms with Gasteiger partial charge in [-0.05, 0) is 36.4 Å². The van der Waals surface area contributed by atoms with Crippen LogP contribution in [0.5, 0.6) is 11.5 Å². The molecule has 0 spiro atoms. The molecule has 0 aliphatic heterocycles. The lowest BCUT2D eigenvalue weighted by Gasteiger charge is -2.07. The minimum absolute atomic E-state index is 0.125. The molecule has 0 saturated heterocycles. The number of rotatable bonds is 5. The highest BCUT2D eigenvalue weighted by atomic mass is 79.9. The maximum atomic E-state index is 12.5. The number of nitrogens with one attached hydrogen (secondary N) is 2. The summed E-state index contributed by atoms with van der Waals surface area (Å²) in [4.78, 5) is 16.8. The van der Waals surface area contributed by atoms with Crippen LogP contribution in [0.4, 0.5) is 5.95 Å². The molecule has 28 heavy (non-hydrogen) atoms. The summed E-state index contributed by atoms with van der Waals surface area (Å²) >= 11 is 3.39. The highest BCUT2D eigenvalue weighted by Gasteiger charge is 2.17. The van der Waals surface area contributed by atoms with Gasteiger partial charge in [0.25, 0.3) is 5.91 Å². The average molecular weight is 443 g/mol. The Morgan fingerprint density at radius 3 is 2.79 bits per heavy atom. The molecular formula is C19H15BrN4O4. The largest absolute Gasteiger partial charge is 0.497 e. The molecule has 8 nitrogen and oxygen atoms in total. The van der Waals surface area contributed by atoms with E-state index in [2.05, 4.69) is 36.4 Å². The van der Waals surface area contributed by atoms with E-state index in [0.717, 1.165) is 9.86 Å². The summed E-state index contributed by atoms with van der Waals surface area (Å²) in [7, 11) is 3.13. The van der Waals surface area contributed by atoms with Gasteiger partial charge < -0.3 is 13.9 Å². The van der Waals surface area contributed by atoms with Crippen molar-refractivity contribution >= 4 is 38.8 Å². The monoisotopic (exact) mass is 442 g/mol. The molecular weight excluding hydrogens is 428 g/mol. The first-order valence-corrected chi connectivity index (χ1v) is 9.02. The lowest BCUT2D eigenvalue weighted by molar-refractivity contribution is 0.0998. The zero-order valence-corrected chi connectivity index (χ0v) is 16.5. The Kier molecular flexibility index (Phi) is 4.74. The molecule has 142 valence electrons. The number of fused-ring (bicyclic) bond motifs is 1.